The largest absolute Gasteiger partial charge is 0.360 e. The summed E-state index contributed by atoms with van der Waals surface area (Å²) in [4.78, 5) is 12.9. The summed E-state index contributed by atoms with van der Waals surface area (Å²) in [5.74, 6) is 0.123. The van der Waals surface area contributed by atoms with Crippen LogP contribution in [0.3, 0.4) is 0 Å². The summed E-state index contributed by atoms with van der Waals surface area (Å²) in [7, 11) is 1.65. The number of nitrogens with one attached hydrogen (secondary N) is 3. The molecule has 0 saturated carbocycles. The standard InChI is InChI=1S/C15H17N3OS/c1-17-14(16)18-15(11-19,10-13-8-5-9-20-13)12-6-3-2-4-7-12/h2-9,11H,10H2,1H3,(H3,16,17,18). The van der Waals surface area contributed by atoms with E-state index < -0.39 is 5.54 Å². The molecule has 0 fully saturated rings. The van der Waals surface area contributed by atoms with Gasteiger partial charge in [0.2, 0.25) is 0 Å². The summed E-state index contributed by atoms with van der Waals surface area (Å²) < 4.78 is 0. The number of hydrogen-bond donors (Lipinski definition) is 3. The molecule has 0 radical (unpaired) electrons. The second kappa shape index (κ2) is 6.34. The number of hydrogen-bond acceptors (Lipinski definition) is 3. The molecule has 2 aromatic rings. The number of rotatable bonds is 5. The topological polar surface area (TPSA) is 65.0 Å². The lowest BCUT2D eigenvalue weighted by Crippen LogP contribution is -2.52. The van der Waals surface area contributed by atoms with Gasteiger partial charge in [0.25, 0.3) is 0 Å². The van der Waals surface area contributed by atoms with Crippen molar-refractivity contribution >= 4 is 23.6 Å². The van der Waals surface area contributed by atoms with E-state index in [0.717, 1.165) is 16.7 Å². The van der Waals surface area contributed by atoms with Crippen molar-refractivity contribution in [3.8, 4) is 0 Å². The van der Waals surface area contributed by atoms with Gasteiger partial charge in [-0.05, 0) is 17.0 Å². The van der Waals surface area contributed by atoms with E-state index in [1.807, 2.05) is 47.8 Å². The van der Waals surface area contributed by atoms with Gasteiger partial charge >= 0.3 is 0 Å². The molecule has 2 rings (SSSR count). The predicted molar refractivity (Wildman–Crippen MR) is 82.1 cm³/mol. The molecular formula is C15H17N3OS. The number of benzene rings is 1. The number of carbonyl (C=O) groups is 1. The van der Waals surface area contributed by atoms with Crippen LogP contribution in [0.4, 0.5) is 0 Å². The van der Waals surface area contributed by atoms with Crippen molar-refractivity contribution in [2.45, 2.75) is 12.0 Å². The number of guanidine groups is 1. The van der Waals surface area contributed by atoms with Gasteiger partial charge in [-0.25, -0.2) is 0 Å². The molecule has 3 N–H and O–H groups in total. The maximum atomic E-state index is 11.8. The molecule has 0 saturated heterocycles. The van der Waals surface area contributed by atoms with E-state index in [1.165, 1.54) is 0 Å². The first kappa shape index (κ1) is 14.3. The Balaban J connectivity index is 2.40. The molecule has 0 aliphatic carbocycles. The van der Waals surface area contributed by atoms with Crippen LogP contribution in [0.25, 0.3) is 0 Å². The van der Waals surface area contributed by atoms with Crippen molar-refractivity contribution in [3.63, 3.8) is 0 Å². The van der Waals surface area contributed by atoms with Gasteiger partial charge in [-0.15, -0.1) is 11.3 Å². The molecule has 104 valence electrons. The summed E-state index contributed by atoms with van der Waals surface area (Å²) in [5.41, 5.74) is -0.0740. The van der Waals surface area contributed by atoms with Gasteiger partial charge in [0, 0.05) is 18.3 Å². The predicted octanol–water partition coefficient (Wildman–Crippen LogP) is 2.13. The number of aldehydes is 1. The van der Waals surface area contributed by atoms with Crippen LogP contribution in [0.2, 0.25) is 0 Å². The fourth-order valence-electron chi connectivity index (χ4n) is 2.07. The molecule has 1 atom stereocenters. The normalized spacial score (nSPS) is 13.2. The molecule has 0 aliphatic heterocycles. The highest BCUT2D eigenvalue weighted by molar-refractivity contribution is 7.09. The molecular weight excluding hydrogens is 270 g/mol. The highest BCUT2D eigenvalue weighted by Crippen LogP contribution is 2.26. The molecule has 4 nitrogen and oxygen atoms in total. The van der Waals surface area contributed by atoms with Crippen LogP contribution in [0.15, 0.2) is 47.8 Å². The average Bonchev–Trinajstić information content (AvgIpc) is 3.00. The highest BCUT2D eigenvalue weighted by atomic mass is 32.1. The second-order valence-electron chi connectivity index (χ2n) is 4.46. The fourth-order valence-corrected chi connectivity index (χ4v) is 2.87. The lowest BCUT2D eigenvalue weighted by Gasteiger charge is -2.30. The summed E-state index contributed by atoms with van der Waals surface area (Å²) in [6, 6.07) is 13.5. The van der Waals surface area contributed by atoms with Gasteiger partial charge in [-0.2, -0.15) is 0 Å². The van der Waals surface area contributed by atoms with E-state index in [-0.39, 0.29) is 5.96 Å². The van der Waals surface area contributed by atoms with Gasteiger partial charge in [-0.1, -0.05) is 36.4 Å². The Morgan fingerprint density at radius 3 is 2.60 bits per heavy atom. The van der Waals surface area contributed by atoms with Crippen LogP contribution >= 0.6 is 11.3 Å². The lowest BCUT2D eigenvalue weighted by atomic mass is 9.87. The van der Waals surface area contributed by atoms with E-state index in [0.29, 0.717) is 6.42 Å². The molecule has 1 heterocycles. The molecule has 0 aliphatic rings. The van der Waals surface area contributed by atoms with Gasteiger partial charge < -0.3 is 15.4 Å². The second-order valence-corrected chi connectivity index (χ2v) is 5.49. The van der Waals surface area contributed by atoms with Gasteiger partial charge in [0.05, 0.1) is 0 Å². The number of carbonyl (C=O) groups excluding carboxylic acids is 1. The fraction of sp³-hybridized carbons (Fsp3) is 0.200. The van der Waals surface area contributed by atoms with E-state index in [4.69, 9.17) is 5.41 Å². The third kappa shape index (κ3) is 3.05. The van der Waals surface area contributed by atoms with Crippen molar-refractivity contribution in [2.75, 3.05) is 7.05 Å². The summed E-state index contributed by atoms with van der Waals surface area (Å²) >= 11 is 1.60. The van der Waals surface area contributed by atoms with Crippen molar-refractivity contribution < 1.29 is 4.79 Å². The zero-order chi connectivity index (χ0) is 14.4. The Bertz CT molecular complexity index is 568. The average molecular weight is 287 g/mol. The van der Waals surface area contributed by atoms with E-state index in [2.05, 4.69) is 10.6 Å². The molecule has 1 aromatic carbocycles. The first-order valence-electron chi connectivity index (χ1n) is 6.29. The Labute approximate surface area is 122 Å². The summed E-state index contributed by atoms with van der Waals surface area (Å²) in [5, 5.41) is 15.5. The smallest absolute Gasteiger partial charge is 0.189 e. The maximum Gasteiger partial charge on any atom is 0.189 e. The van der Waals surface area contributed by atoms with Gasteiger partial charge in [0.1, 0.15) is 11.8 Å². The minimum absolute atomic E-state index is 0.123. The van der Waals surface area contributed by atoms with Gasteiger partial charge in [0.15, 0.2) is 5.96 Å². The Morgan fingerprint density at radius 1 is 1.30 bits per heavy atom. The molecule has 1 aromatic heterocycles. The van der Waals surface area contributed by atoms with Crippen LogP contribution in [0, 0.1) is 5.41 Å². The minimum Gasteiger partial charge on any atom is -0.360 e. The van der Waals surface area contributed by atoms with Crippen molar-refractivity contribution in [1.82, 2.24) is 10.6 Å². The van der Waals surface area contributed by atoms with Crippen LogP contribution in [0.1, 0.15) is 10.4 Å². The van der Waals surface area contributed by atoms with Gasteiger partial charge in [-0.3, -0.25) is 5.41 Å². The number of thiophene rings is 1. The first-order valence-corrected chi connectivity index (χ1v) is 7.17. The first-order chi connectivity index (χ1) is 9.70. The van der Waals surface area contributed by atoms with Crippen LogP contribution < -0.4 is 10.6 Å². The zero-order valence-electron chi connectivity index (χ0n) is 11.2. The van der Waals surface area contributed by atoms with Crippen LogP contribution in [0.5, 0.6) is 0 Å². The summed E-state index contributed by atoms with van der Waals surface area (Å²) in [6.07, 6.45) is 1.40. The van der Waals surface area contributed by atoms with Crippen LogP contribution in [-0.2, 0) is 16.8 Å². The third-order valence-electron chi connectivity index (χ3n) is 3.12. The SMILES string of the molecule is CNC(=N)NC(C=O)(Cc1cccs1)c1ccccc1. The molecule has 20 heavy (non-hydrogen) atoms. The minimum atomic E-state index is -0.924. The Morgan fingerprint density at radius 2 is 2.05 bits per heavy atom. The van der Waals surface area contributed by atoms with E-state index >= 15 is 0 Å². The maximum absolute atomic E-state index is 11.8. The van der Waals surface area contributed by atoms with Crippen molar-refractivity contribution in [3.05, 3.63) is 58.3 Å². The Hall–Kier alpha value is -2.14. The van der Waals surface area contributed by atoms with Crippen LogP contribution in [-0.4, -0.2) is 19.3 Å². The molecule has 5 heteroatoms. The lowest BCUT2D eigenvalue weighted by molar-refractivity contribution is -0.113. The molecule has 0 amide bonds. The van der Waals surface area contributed by atoms with E-state index in [9.17, 15) is 4.79 Å². The Kier molecular flexibility index (Phi) is 4.53. The molecule has 0 bridgehead atoms. The zero-order valence-corrected chi connectivity index (χ0v) is 12.0. The quantitative estimate of drug-likeness (QED) is 0.448. The molecule has 0 spiro atoms. The summed E-state index contributed by atoms with van der Waals surface area (Å²) in [6.45, 7) is 0. The van der Waals surface area contributed by atoms with Crippen molar-refractivity contribution in [2.24, 2.45) is 0 Å². The molecule has 1 unspecified atom stereocenters. The van der Waals surface area contributed by atoms with E-state index in [1.54, 1.807) is 18.4 Å². The highest BCUT2D eigenvalue weighted by Gasteiger charge is 2.33. The van der Waals surface area contributed by atoms with Crippen molar-refractivity contribution in [1.29, 1.82) is 5.41 Å². The monoisotopic (exact) mass is 287 g/mol. The third-order valence-corrected chi connectivity index (χ3v) is 4.00.